The largest absolute Gasteiger partial charge is 0.379 e. The molecule has 1 aromatic carbocycles. The average Bonchev–Trinajstić information content (AvgIpc) is 3.54. The third-order valence-electron chi connectivity index (χ3n) is 9.98. The van der Waals surface area contributed by atoms with Gasteiger partial charge in [0.15, 0.2) is 9.84 Å². The summed E-state index contributed by atoms with van der Waals surface area (Å²) in [5.41, 5.74) is 1.98. The van der Waals surface area contributed by atoms with E-state index in [4.69, 9.17) is 14.5 Å². The van der Waals surface area contributed by atoms with E-state index >= 15 is 0 Å². The molecule has 47 heavy (non-hydrogen) atoms. The zero-order chi connectivity index (χ0) is 32.7. The van der Waals surface area contributed by atoms with Crippen molar-refractivity contribution < 1.29 is 27.1 Å². The van der Waals surface area contributed by atoms with Gasteiger partial charge in [0.2, 0.25) is 11.9 Å². The van der Waals surface area contributed by atoms with Crippen LogP contribution in [0.5, 0.6) is 0 Å². The molecule has 0 spiro atoms. The number of likely N-dealkylation sites (tertiary alicyclic amines) is 1. The van der Waals surface area contributed by atoms with Crippen molar-refractivity contribution in [1.82, 2.24) is 19.9 Å². The smallest absolute Gasteiger partial charge is 0.246 e. The molecule has 12 nitrogen and oxygen atoms in total. The van der Waals surface area contributed by atoms with Crippen LogP contribution in [0, 0.1) is 5.92 Å². The van der Waals surface area contributed by atoms with Crippen molar-refractivity contribution in [3.8, 4) is 0 Å². The molecule has 2 aromatic heterocycles. The fraction of sp³-hybridized carbons (Fsp3) is 0.515. The molecular weight excluding hydrogens is 625 g/mol. The van der Waals surface area contributed by atoms with E-state index in [9.17, 15) is 17.6 Å². The number of alkyl halides is 1. The number of ether oxygens (including phenoxy) is 2. The van der Waals surface area contributed by atoms with E-state index in [0.717, 1.165) is 34.9 Å². The molecule has 250 valence electrons. The summed E-state index contributed by atoms with van der Waals surface area (Å²) in [5, 5.41) is 4.69. The van der Waals surface area contributed by atoms with Crippen LogP contribution in [-0.2, 0) is 24.1 Å². The van der Waals surface area contributed by atoms with Gasteiger partial charge in [-0.25, -0.2) is 22.8 Å². The summed E-state index contributed by atoms with van der Waals surface area (Å²) in [4.78, 5) is 32.5. The first-order valence-electron chi connectivity index (χ1n) is 16.2. The van der Waals surface area contributed by atoms with Crippen molar-refractivity contribution in [2.24, 2.45) is 5.92 Å². The van der Waals surface area contributed by atoms with Crippen molar-refractivity contribution >= 4 is 49.8 Å². The molecule has 0 unspecified atom stereocenters. The molecule has 0 bridgehead atoms. The van der Waals surface area contributed by atoms with Crippen LogP contribution in [0.2, 0.25) is 0 Å². The van der Waals surface area contributed by atoms with Crippen LogP contribution in [0.4, 0.5) is 27.7 Å². The minimum atomic E-state index is -3.17. The van der Waals surface area contributed by atoms with Crippen LogP contribution in [-0.4, -0.2) is 111 Å². The molecule has 7 rings (SSSR count). The molecule has 14 heteroatoms. The Morgan fingerprint density at radius 2 is 1.96 bits per heavy atom. The number of fused-ring (bicyclic) bond motifs is 1. The molecule has 1 N–H and O–H groups in total. The lowest BCUT2D eigenvalue weighted by atomic mass is 9.92. The van der Waals surface area contributed by atoms with Crippen LogP contribution < -0.4 is 15.1 Å². The Morgan fingerprint density at radius 3 is 2.72 bits per heavy atom. The number of methoxy groups -OCH3 is 1. The van der Waals surface area contributed by atoms with E-state index in [0.29, 0.717) is 50.2 Å². The first-order valence-corrected chi connectivity index (χ1v) is 17.9. The van der Waals surface area contributed by atoms with E-state index in [1.807, 2.05) is 22.1 Å². The predicted molar refractivity (Wildman–Crippen MR) is 178 cm³/mol. The van der Waals surface area contributed by atoms with Crippen LogP contribution in [0.1, 0.15) is 30.9 Å². The number of nitrogens with one attached hydrogen (secondary N) is 1. The van der Waals surface area contributed by atoms with Crippen molar-refractivity contribution in [2.75, 3.05) is 73.9 Å². The molecule has 4 saturated heterocycles. The summed E-state index contributed by atoms with van der Waals surface area (Å²) >= 11 is 0. The Hall–Kier alpha value is -3.88. The minimum absolute atomic E-state index is 0.000569. The van der Waals surface area contributed by atoms with Gasteiger partial charge in [0, 0.05) is 62.7 Å². The average molecular weight is 666 g/mol. The summed E-state index contributed by atoms with van der Waals surface area (Å²) in [6, 6.07) is 7.74. The molecule has 4 fully saturated rings. The number of sulfone groups is 1. The fourth-order valence-corrected chi connectivity index (χ4v) is 9.10. The lowest BCUT2D eigenvalue weighted by Gasteiger charge is -2.45. The van der Waals surface area contributed by atoms with Crippen LogP contribution >= 0.6 is 0 Å². The van der Waals surface area contributed by atoms with Gasteiger partial charge >= 0.3 is 0 Å². The molecule has 0 radical (unpaired) electrons. The first-order chi connectivity index (χ1) is 22.8. The highest BCUT2D eigenvalue weighted by Gasteiger charge is 2.43. The minimum Gasteiger partial charge on any atom is -0.379 e. The molecule has 4 aliphatic heterocycles. The maximum Gasteiger partial charge on any atom is 0.246 e. The standard InChI is InChI=1S/C33H40FN7O5S/c1-3-32(42)41-11-4-5-27(41)22-6-7-26(40-17-21(18-40)29-20-46-13-14-47(29,43)44)24-16-36-31(15-23(22)24)37-30-8-10-35-33(38-30)39-12-9-28(45-2)25(34)19-39/h3,6-8,10,15-16,21,25,27-29H,1,4-5,9,11-14,17-20H2,2H3,(H,35,36,37,38)/t25-,27-,28+,29+/m0/s1. The number of amides is 1. The number of carbonyl (C=O) groups excluding carboxylic acids is 1. The van der Waals surface area contributed by atoms with Gasteiger partial charge in [-0.1, -0.05) is 12.6 Å². The van der Waals surface area contributed by atoms with Crippen LogP contribution in [0.15, 0.2) is 49.3 Å². The molecule has 1 amide bonds. The summed E-state index contributed by atoms with van der Waals surface area (Å²) in [6.07, 6.45) is 5.53. The quantitative estimate of drug-likeness (QED) is 0.355. The van der Waals surface area contributed by atoms with Crippen LogP contribution in [0.3, 0.4) is 0 Å². The SMILES string of the molecule is C=CC(=O)N1CCC[C@H]1c1ccc(N2CC([C@H]3COCCS3(=O)=O)C2)c2cnc(Nc3ccnc(N4CC[C@@H](OC)[C@@H](F)C4)n3)cc12. The van der Waals surface area contributed by atoms with E-state index in [1.54, 1.807) is 12.3 Å². The summed E-state index contributed by atoms with van der Waals surface area (Å²) < 4.78 is 50.8. The third kappa shape index (κ3) is 6.14. The molecule has 3 aromatic rings. The summed E-state index contributed by atoms with van der Waals surface area (Å²) in [7, 11) is -1.65. The van der Waals surface area contributed by atoms with E-state index in [2.05, 4.69) is 38.9 Å². The number of aromatic nitrogens is 3. The number of pyridine rings is 1. The van der Waals surface area contributed by atoms with E-state index in [-0.39, 0.29) is 43.4 Å². The van der Waals surface area contributed by atoms with Gasteiger partial charge in [-0.15, -0.1) is 0 Å². The number of nitrogens with zero attached hydrogens (tertiary/aromatic N) is 6. The van der Waals surface area contributed by atoms with E-state index < -0.39 is 27.4 Å². The number of anilines is 4. The zero-order valence-electron chi connectivity index (χ0n) is 26.4. The second-order valence-corrected chi connectivity index (χ2v) is 15.1. The van der Waals surface area contributed by atoms with Gasteiger partial charge in [0.25, 0.3) is 0 Å². The highest BCUT2D eigenvalue weighted by Crippen LogP contribution is 2.42. The van der Waals surface area contributed by atoms with Gasteiger partial charge in [-0.2, -0.15) is 4.98 Å². The van der Waals surface area contributed by atoms with Crippen molar-refractivity contribution in [3.05, 3.63) is 54.9 Å². The molecule has 0 saturated carbocycles. The number of piperidine rings is 1. The molecule has 4 aliphatic rings. The van der Waals surface area contributed by atoms with Crippen molar-refractivity contribution in [1.29, 1.82) is 0 Å². The predicted octanol–water partition coefficient (Wildman–Crippen LogP) is 3.43. The second kappa shape index (κ2) is 13.0. The Morgan fingerprint density at radius 1 is 1.11 bits per heavy atom. The highest BCUT2D eigenvalue weighted by molar-refractivity contribution is 7.92. The monoisotopic (exact) mass is 665 g/mol. The Balaban J connectivity index is 1.19. The first kappa shape index (κ1) is 31.7. The van der Waals surface area contributed by atoms with E-state index in [1.165, 1.54) is 13.2 Å². The maximum atomic E-state index is 14.6. The van der Waals surface area contributed by atoms with Crippen LogP contribution in [0.25, 0.3) is 10.8 Å². The number of rotatable bonds is 8. The molecule has 4 atom stereocenters. The van der Waals surface area contributed by atoms with Crippen molar-refractivity contribution in [2.45, 2.75) is 42.8 Å². The third-order valence-corrected chi connectivity index (χ3v) is 12.2. The maximum absolute atomic E-state index is 14.6. The number of hydrogen-bond acceptors (Lipinski definition) is 11. The second-order valence-electron chi connectivity index (χ2n) is 12.7. The van der Waals surface area contributed by atoms with Gasteiger partial charge in [-0.3, -0.25) is 4.79 Å². The van der Waals surface area contributed by atoms with Gasteiger partial charge < -0.3 is 29.5 Å². The highest BCUT2D eigenvalue weighted by atomic mass is 32.2. The van der Waals surface area contributed by atoms with Gasteiger partial charge in [-0.05, 0) is 54.5 Å². The molecular formula is C33H40FN7O5S. The molecule has 6 heterocycles. The Bertz CT molecular complexity index is 1770. The summed E-state index contributed by atoms with van der Waals surface area (Å²) in [5.74, 6) is 1.49. The number of hydrogen-bond donors (Lipinski definition) is 1. The lowest BCUT2D eigenvalue weighted by molar-refractivity contribution is -0.126. The zero-order valence-corrected chi connectivity index (χ0v) is 27.2. The summed E-state index contributed by atoms with van der Waals surface area (Å²) in [6.45, 7) is 6.83. The van der Waals surface area contributed by atoms with Crippen molar-refractivity contribution in [3.63, 3.8) is 0 Å². The Kier molecular flexibility index (Phi) is 8.75. The molecule has 0 aliphatic carbocycles. The fourth-order valence-electron chi connectivity index (χ4n) is 7.39. The normalized spacial score (nSPS) is 26.3. The number of halogens is 1. The number of benzene rings is 1. The van der Waals surface area contributed by atoms with Gasteiger partial charge in [0.05, 0.1) is 42.9 Å². The Labute approximate surface area is 273 Å². The topological polar surface area (TPSA) is 130 Å². The van der Waals surface area contributed by atoms with Gasteiger partial charge in [0.1, 0.15) is 17.8 Å². The lowest BCUT2D eigenvalue weighted by Crippen LogP contribution is -2.57. The number of carbonyl (C=O) groups is 1.